The normalized spacial score (nSPS) is 22.1. The molecule has 2 aromatic carbocycles. The van der Waals surface area contributed by atoms with Crippen molar-refractivity contribution in [1.82, 2.24) is 4.90 Å². The molecule has 2 aromatic rings. The Morgan fingerprint density at radius 2 is 1.69 bits per heavy atom. The molecule has 0 atom stereocenters. The van der Waals surface area contributed by atoms with Crippen LogP contribution >= 0.6 is 27.7 Å². The molecule has 0 radical (unpaired) electrons. The first-order chi connectivity index (χ1) is 17.6. The van der Waals surface area contributed by atoms with E-state index < -0.39 is 0 Å². The molecule has 1 aliphatic heterocycles. The van der Waals surface area contributed by atoms with Gasteiger partial charge in [-0.1, -0.05) is 84.3 Å². The topological polar surface area (TPSA) is 41.9 Å². The summed E-state index contributed by atoms with van der Waals surface area (Å²) >= 11 is 5.16. The van der Waals surface area contributed by atoms with Crippen LogP contribution in [0.15, 0.2) is 56.8 Å². The van der Waals surface area contributed by atoms with E-state index in [0.717, 1.165) is 57.1 Å². The average Bonchev–Trinajstić information content (AvgIpc) is 3.19. The van der Waals surface area contributed by atoms with Crippen LogP contribution in [0.5, 0.6) is 5.75 Å². The highest BCUT2D eigenvalue weighted by Crippen LogP contribution is 2.39. The smallest absolute Gasteiger partial charge is 0.267 e. The van der Waals surface area contributed by atoms with Crippen molar-refractivity contribution in [3.63, 3.8) is 0 Å². The number of hydrogen-bond acceptors (Lipinski definition) is 4. The second kappa shape index (κ2) is 12.0. The molecule has 1 amide bonds. The zero-order valence-electron chi connectivity index (χ0n) is 21.0. The SMILES string of the molecule is Cc1ccc(COc2ccc(Br)cc2C=C2SC(=NC3CCCCC3)N(C3CCCCC3)C2=O)cc1. The van der Waals surface area contributed by atoms with E-state index in [-0.39, 0.29) is 11.9 Å². The number of benzene rings is 2. The Bertz CT molecular complexity index is 1130. The summed E-state index contributed by atoms with van der Waals surface area (Å²) in [6.07, 6.45) is 13.9. The average molecular weight is 568 g/mol. The predicted molar refractivity (Wildman–Crippen MR) is 153 cm³/mol. The lowest BCUT2D eigenvalue weighted by Crippen LogP contribution is -2.41. The van der Waals surface area contributed by atoms with Gasteiger partial charge in [0.15, 0.2) is 5.17 Å². The molecule has 3 aliphatic rings. The predicted octanol–water partition coefficient (Wildman–Crippen LogP) is 8.27. The molecule has 0 aromatic heterocycles. The number of halogens is 1. The lowest BCUT2D eigenvalue weighted by Gasteiger charge is -2.31. The summed E-state index contributed by atoms with van der Waals surface area (Å²) in [7, 11) is 0. The summed E-state index contributed by atoms with van der Waals surface area (Å²) in [5, 5.41) is 0.919. The minimum Gasteiger partial charge on any atom is -0.488 e. The number of nitrogens with zero attached hydrogens (tertiary/aromatic N) is 2. The number of rotatable bonds is 6. The lowest BCUT2D eigenvalue weighted by molar-refractivity contribution is -0.124. The molecule has 0 unspecified atom stereocenters. The third-order valence-electron chi connectivity index (χ3n) is 7.42. The molecule has 4 nitrogen and oxygen atoms in total. The highest BCUT2D eigenvalue weighted by molar-refractivity contribution is 9.10. The van der Waals surface area contributed by atoms with Gasteiger partial charge in [0.25, 0.3) is 5.91 Å². The number of ether oxygens (including phenoxy) is 1. The van der Waals surface area contributed by atoms with Crippen LogP contribution < -0.4 is 4.74 Å². The van der Waals surface area contributed by atoms with Gasteiger partial charge in [-0.25, -0.2) is 0 Å². The molecule has 0 bridgehead atoms. The Hall–Kier alpha value is -2.05. The van der Waals surface area contributed by atoms with Gasteiger partial charge in [0.1, 0.15) is 12.4 Å². The number of thioether (sulfide) groups is 1. The van der Waals surface area contributed by atoms with Crippen LogP contribution in [0.4, 0.5) is 0 Å². The van der Waals surface area contributed by atoms with Crippen LogP contribution in [0.3, 0.4) is 0 Å². The zero-order valence-corrected chi connectivity index (χ0v) is 23.5. The molecule has 36 heavy (non-hydrogen) atoms. The highest BCUT2D eigenvalue weighted by atomic mass is 79.9. The van der Waals surface area contributed by atoms with Gasteiger partial charge in [0.2, 0.25) is 0 Å². The Labute approximate surface area is 227 Å². The van der Waals surface area contributed by atoms with E-state index in [1.54, 1.807) is 11.8 Å². The summed E-state index contributed by atoms with van der Waals surface area (Å²) < 4.78 is 7.19. The van der Waals surface area contributed by atoms with Crippen LogP contribution in [0.2, 0.25) is 0 Å². The Morgan fingerprint density at radius 1 is 1.00 bits per heavy atom. The largest absolute Gasteiger partial charge is 0.488 e. The van der Waals surface area contributed by atoms with Gasteiger partial charge in [0, 0.05) is 16.1 Å². The Morgan fingerprint density at radius 3 is 2.42 bits per heavy atom. The van der Waals surface area contributed by atoms with E-state index in [0.29, 0.717) is 12.6 Å². The molecule has 0 N–H and O–H groups in total. The van der Waals surface area contributed by atoms with E-state index in [2.05, 4.69) is 47.1 Å². The molecular formula is C30H35BrN2O2S. The molecule has 1 heterocycles. The van der Waals surface area contributed by atoms with Crippen LogP contribution in [0.25, 0.3) is 6.08 Å². The van der Waals surface area contributed by atoms with Crippen LogP contribution in [-0.4, -0.2) is 28.1 Å². The second-order valence-corrected chi connectivity index (χ2v) is 12.2. The standard InChI is InChI=1S/C30H35BrN2O2S/c1-21-12-14-22(15-13-21)20-35-27-17-16-24(31)18-23(27)19-28-29(34)33(26-10-6-3-7-11-26)30(36-28)32-25-8-4-2-5-9-25/h12-19,25-26H,2-11,20H2,1H3. The molecule has 190 valence electrons. The van der Waals surface area contributed by atoms with Crippen molar-refractivity contribution in [3.05, 3.63) is 68.5 Å². The first-order valence-corrected chi connectivity index (χ1v) is 15.0. The maximum atomic E-state index is 13.8. The number of amidine groups is 1. The van der Waals surface area contributed by atoms with Gasteiger partial charge < -0.3 is 4.74 Å². The minimum absolute atomic E-state index is 0.103. The van der Waals surface area contributed by atoms with Crippen molar-refractivity contribution in [2.75, 3.05) is 0 Å². The van der Waals surface area contributed by atoms with Crippen molar-refractivity contribution in [2.45, 2.75) is 89.8 Å². The first kappa shape index (κ1) is 25.6. The summed E-state index contributed by atoms with van der Waals surface area (Å²) in [6, 6.07) is 15.0. The lowest BCUT2D eigenvalue weighted by atomic mass is 9.94. The summed E-state index contributed by atoms with van der Waals surface area (Å²) in [5.74, 6) is 0.882. The summed E-state index contributed by atoms with van der Waals surface area (Å²) in [6.45, 7) is 2.57. The molecule has 3 fully saturated rings. The van der Waals surface area contributed by atoms with Gasteiger partial charge in [-0.15, -0.1) is 0 Å². The number of hydrogen-bond donors (Lipinski definition) is 0. The van der Waals surface area contributed by atoms with E-state index in [1.807, 2.05) is 29.2 Å². The molecule has 6 heteroatoms. The van der Waals surface area contributed by atoms with Gasteiger partial charge in [-0.3, -0.25) is 14.7 Å². The monoisotopic (exact) mass is 566 g/mol. The third-order valence-corrected chi connectivity index (χ3v) is 8.91. The zero-order chi connectivity index (χ0) is 24.9. The van der Waals surface area contributed by atoms with Crippen LogP contribution in [0.1, 0.15) is 80.9 Å². The maximum absolute atomic E-state index is 13.8. The highest BCUT2D eigenvalue weighted by Gasteiger charge is 2.39. The van der Waals surface area contributed by atoms with Crippen molar-refractivity contribution < 1.29 is 9.53 Å². The fourth-order valence-corrected chi connectivity index (χ4v) is 6.83. The molecular weight excluding hydrogens is 532 g/mol. The Kier molecular flexibility index (Phi) is 8.53. The van der Waals surface area contributed by atoms with Crippen LogP contribution in [0, 0.1) is 6.92 Å². The van der Waals surface area contributed by atoms with Gasteiger partial charge in [-0.2, -0.15) is 0 Å². The molecule has 2 saturated carbocycles. The quantitative estimate of drug-likeness (QED) is 0.330. The number of carbonyl (C=O) groups is 1. The maximum Gasteiger partial charge on any atom is 0.267 e. The number of aryl methyl sites for hydroxylation is 1. The minimum atomic E-state index is 0.103. The van der Waals surface area contributed by atoms with Gasteiger partial charge in [0.05, 0.1) is 10.9 Å². The second-order valence-electron chi connectivity index (χ2n) is 10.2. The van der Waals surface area contributed by atoms with E-state index >= 15 is 0 Å². The molecule has 5 rings (SSSR count). The van der Waals surface area contributed by atoms with Crippen LogP contribution in [-0.2, 0) is 11.4 Å². The van der Waals surface area contributed by atoms with Crippen molar-refractivity contribution >= 4 is 44.8 Å². The molecule has 0 spiro atoms. The molecule has 2 aliphatic carbocycles. The van der Waals surface area contributed by atoms with E-state index in [4.69, 9.17) is 9.73 Å². The first-order valence-electron chi connectivity index (χ1n) is 13.4. The number of carbonyl (C=O) groups excluding carboxylic acids is 1. The fourth-order valence-electron chi connectivity index (χ4n) is 5.35. The number of amides is 1. The fraction of sp³-hybridized carbons (Fsp3) is 0.467. The van der Waals surface area contributed by atoms with E-state index in [9.17, 15) is 4.79 Å². The summed E-state index contributed by atoms with van der Waals surface area (Å²) in [5.41, 5.74) is 3.27. The van der Waals surface area contributed by atoms with Crippen molar-refractivity contribution in [1.29, 1.82) is 0 Å². The van der Waals surface area contributed by atoms with Crippen molar-refractivity contribution in [3.8, 4) is 5.75 Å². The number of aliphatic imine (C=N–C) groups is 1. The van der Waals surface area contributed by atoms with Gasteiger partial charge in [-0.05, 0) is 74.2 Å². The summed E-state index contributed by atoms with van der Waals surface area (Å²) in [4.78, 5) is 21.7. The molecule has 1 saturated heterocycles. The Balaban J connectivity index is 1.42. The van der Waals surface area contributed by atoms with Gasteiger partial charge >= 0.3 is 0 Å². The van der Waals surface area contributed by atoms with E-state index in [1.165, 1.54) is 44.1 Å². The third kappa shape index (κ3) is 6.25. The van der Waals surface area contributed by atoms with Crippen molar-refractivity contribution in [2.24, 2.45) is 4.99 Å².